The van der Waals surface area contributed by atoms with Crippen molar-refractivity contribution < 1.29 is 13.6 Å². The summed E-state index contributed by atoms with van der Waals surface area (Å²) < 4.78 is 20.2. The molecule has 3 aliphatic rings. The quantitative estimate of drug-likeness (QED) is 0.851. The van der Waals surface area contributed by atoms with Crippen molar-refractivity contribution in [2.24, 2.45) is 0 Å². The molecule has 0 aromatic heterocycles. The Morgan fingerprint density at radius 3 is 2.84 bits per heavy atom. The molecule has 0 fully saturated rings. The molecule has 0 radical (unpaired) electrons. The Morgan fingerprint density at radius 1 is 1.24 bits per heavy atom. The average Bonchev–Trinajstić information content (AvgIpc) is 2.60. The highest BCUT2D eigenvalue weighted by Crippen LogP contribution is 2.30. The van der Waals surface area contributed by atoms with Gasteiger partial charge in [0.1, 0.15) is 0 Å². The summed E-state index contributed by atoms with van der Waals surface area (Å²) in [4.78, 5) is 12.9. The number of fused-ring (bicyclic) bond motifs is 4. The smallest absolute Gasteiger partial charge is 0.187 e. The zero-order chi connectivity index (χ0) is 17.6. The zero-order valence-electron chi connectivity index (χ0n) is 14.1. The van der Waals surface area contributed by atoms with E-state index in [9.17, 15) is 9.00 Å². The lowest BCUT2D eigenvalue weighted by molar-refractivity contribution is 0.104. The van der Waals surface area contributed by atoms with E-state index in [4.69, 9.17) is 4.55 Å². The van der Waals surface area contributed by atoms with E-state index >= 15 is 0 Å². The van der Waals surface area contributed by atoms with Crippen molar-refractivity contribution in [1.29, 1.82) is 0 Å². The van der Waals surface area contributed by atoms with Crippen LogP contribution >= 0.6 is 0 Å². The van der Waals surface area contributed by atoms with Crippen molar-refractivity contribution >= 4 is 28.0 Å². The lowest BCUT2D eigenvalue weighted by Crippen LogP contribution is -2.32. The Bertz CT molecular complexity index is 1010. The number of carbonyl (C=O) groups is 1. The minimum absolute atomic E-state index is 0.0735. The monoisotopic (exact) mass is 352 g/mol. The maximum atomic E-state index is 12.9. The number of carbonyl (C=O) groups excluding carboxylic acids is 1. The largest absolute Gasteiger partial charge is 0.306 e. The minimum Gasteiger partial charge on any atom is -0.306 e. The highest BCUT2D eigenvalue weighted by molar-refractivity contribution is 7.79. The van der Waals surface area contributed by atoms with E-state index in [1.54, 1.807) is 6.08 Å². The Morgan fingerprint density at radius 2 is 2.04 bits per heavy atom. The van der Waals surface area contributed by atoms with Crippen LogP contribution in [0.2, 0.25) is 0 Å². The molecule has 0 amide bonds. The molecule has 128 valence electrons. The van der Waals surface area contributed by atoms with E-state index in [0.717, 1.165) is 45.6 Å². The molecule has 4 heteroatoms. The first kappa shape index (κ1) is 16.4. The van der Waals surface area contributed by atoms with Gasteiger partial charge in [-0.15, -0.1) is 0 Å². The van der Waals surface area contributed by atoms with Crippen LogP contribution in [0.5, 0.6) is 0 Å². The predicted molar refractivity (Wildman–Crippen MR) is 101 cm³/mol. The van der Waals surface area contributed by atoms with Gasteiger partial charge in [-0.1, -0.05) is 43.4 Å². The second-order valence-electron chi connectivity index (χ2n) is 6.78. The van der Waals surface area contributed by atoms with E-state index in [2.05, 4.69) is 37.3 Å². The third-order valence-corrected chi connectivity index (χ3v) is 5.80. The molecule has 4 rings (SSSR count). The summed E-state index contributed by atoms with van der Waals surface area (Å²) in [5.74, 6) is 0.446. The Labute approximate surface area is 149 Å². The summed E-state index contributed by atoms with van der Waals surface area (Å²) in [6.07, 6.45) is 12.6. The average molecular weight is 352 g/mol. The van der Waals surface area contributed by atoms with Crippen LogP contribution in [0, 0.1) is 0 Å². The lowest BCUT2D eigenvalue weighted by atomic mass is 9.79. The van der Waals surface area contributed by atoms with Gasteiger partial charge in [-0.2, -0.15) is 0 Å². The first-order valence-corrected chi connectivity index (χ1v) is 9.91. The third kappa shape index (κ3) is 2.79. The van der Waals surface area contributed by atoms with Gasteiger partial charge in [0, 0.05) is 11.5 Å². The highest BCUT2D eigenvalue weighted by atomic mass is 32.2. The Balaban J connectivity index is 2.00. The van der Waals surface area contributed by atoms with Crippen molar-refractivity contribution in [2.45, 2.75) is 32.1 Å². The predicted octanol–water partition coefficient (Wildman–Crippen LogP) is 2.75. The minimum atomic E-state index is -1.81. The summed E-state index contributed by atoms with van der Waals surface area (Å²) in [7, 11) is 0. The first-order valence-electron chi connectivity index (χ1n) is 8.64. The first-order chi connectivity index (χ1) is 12.1. The lowest BCUT2D eigenvalue weighted by Gasteiger charge is -2.24. The van der Waals surface area contributed by atoms with Crippen molar-refractivity contribution in [3.05, 3.63) is 69.7 Å². The van der Waals surface area contributed by atoms with Gasteiger partial charge in [-0.25, -0.2) is 4.21 Å². The fraction of sp³-hybridized carbons (Fsp3) is 0.286. The zero-order valence-corrected chi connectivity index (χ0v) is 14.9. The fourth-order valence-electron chi connectivity index (χ4n) is 4.07. The molecule has 0 aliphatic heterocycles. The van der Waals surface area contributed by atoms with Crippen LogP contribution in [0.4, 0.5) is 0 Å². The molecule has 2 unspecified atom stereocenters. The van der Waals surface area contributed by atoms with Crippen LogP contribution < -0.4 is 10.4 Å². The summed E-state index contributed by atoms with van der Waals surface area (Å²) in [6.45, 7) is 2.11. The molecular weight excluding hydrogens is 332 g/mol. The van der Waals surface area contributed by atoms with E-state index in [0.29, 0.717) is 6.42 Å². The van der Waals surface area contributed by atoms with E-state index in [1.165, 1.54) is 5.57 Å². The molecule has 1 aromatic rings. The van der Waals surface area contributed by atoms with Crippen molar-refractivity contribution in [3.63, 3.8) is 0 Å². The summed E-state index contributed by atoms with van der Waals surface area (Å²) in [6, 6.07) is 4.15. The summed E-state index contributed by atoms with van der Waals surface area (Å²) >= 11 is -1.81. The molecular formula is C21H20O3S. The maximum absolute atomic E-state index is 12.9. The number of hydrogen-bond donors (Lipinski definition) is 1. The van der Waals surface area contributed by atoms with Gasteiger partial charge >= 0.3 is 0 Å². The molecule has 3 aliphatic carbocycles. The fourth-order valence-corrected chi connectivity index (χ4v) is 4.47. The summed E-state index contributed by atoms with van der Waals surface area (Å²) in [5.41, 5.74) is 5.24. The normalized spacial score (nSPS) is 22.2. The molecule has 0 saturated heterocycles. The number of hydrogen-bond acceptors (Lipinski definition) is 2. The number of rotatable bonds is 3. The van der Waals surface area contributed by atoms with Crippen LogP contribution in [-0.2, 0) is 11.1 Å². The van der Waals surface area contributed by atoms with Crippen LogP contribution in [0.3, 0.4) is 0 Å². The van der Waals surface area contributed by atoms with Gasteiger partial charge in [-0.3, -0.25) is 4.79 Å². The third-order valence-electron chi connectivity index (χ3n) is 5.24. The van der Waals surface area contributed by atoms with Crippen LogP contribution in [0.1, 0.15) is 48.0 Å². The highest BCUT2D eigenvalue weighted by Gasteiger charge is 2.25. The number of ketones is 1. The second kappa shape index (κ2) is 6.36. The van der Waals surface area contributed by atoms with Crippen molar-refractivity contribution in [3.8, 4) is 0 Å². The molecule has 2 atom stereocenters. The van der Waals surface area contributed by atoms with Gasteiger partial charge in [0.05, 0.1) is 5.75 Å². The standard InChI is InChI=1S/C21H20O3S/c1-13-6-7-14(10-11-25(23)24)17-8-9-18-16-5-3-2-4-15(16)12-19(22)21(18)20(13)17/h2,4,6-9,12-13H,3,5,10-11H2,1H3,(H,23,24). The Kier molecular flexibility index (Phi) is 4.18. The topological polar surface area (TPSA) is 54.4 Å². The van der Waals surface area contributed by atoms with Gasteiger partial charge in [-0.05, 0) is 58.1 Å². The second-order valence-corrected chi connectivity index (χ2v) is 7.83. The SMILES string of the molecule is CC1C=CC(CCS(=O)O)=c2ccc3c(c21)C(=O)C=C1C=CCCC=31. The Hall–Kier alpha value is -2.04. The van der Waals surface area contributed by atoms with Gasteiger partial charge in [0.15, 0.2) is 16.9 Å². The van der Waals surface area contributed by atoms with Crippen molar-refractivity contribution in [1.82, 2.24) is 0 Å². The summed E-state index contributed by atoms with van der Waals surface area (Å²) in [5, 5.41) is 2.12. The van der Waals surface area contributed by atoms with E-state index < -0.39 is 11.1 Å². The van der Waals surface area contributed by atoms with Gasteiger partial charge < -0.3 is 4.55 Å². The molecule has 0 saturated carbocycles. The van der Waals surface area contributed by atoms with Crippen LogP contribution in [-0.4, -0.2) is 20.3 Å². The molecule has 0 bridgehead atoms. The molecule has 25 heavy (non-hydrogen) atoms. The van der Waals surface area contributed by atoms with Crippen LogP contribution in [0.15, 0.2) is 48.1 Å². The molecule has 3 nitrogen and oxygen atoms in total. The molecule has 0 heterocycles. The van der Waals surface area contributed by atoms with Crippen LogP contribution in [0.25, 0.3) is 11.1 Å². The van der Waals surface area contributed by atoms with Crippen molar-refractivity contribution in [2.75, 3.05) is 5.75 Å². The van der Waals surface area contributed by atoms with E-state index in [-0.39, 0.29) is 17.5 Å². The van der Waals surface area contributed by atoms with Gasteiger partial charge in [0.25, 0.3) is 0 Å². The number of allylic oxidation sites excluding steroid dienone is 6. The van der Waals surface area contributed by atoms with E-state index in [1.807, 2.05) is 6.08 Å². The molecule has 0 spiro atoms. The van der Waals surface area contributed by atoms with Gasteiger partial charge in [0.2, 0.25) is 0 Å². The number of benzene rings is 1. The molecule has 1 aromatic carbocycles. The molecule has 1 N–H and O–H groups in total. The maximum Gasteiger partial charge on any atom is 0.187 e.